The van der Waals surface area contributed by atoms with Crippen LogP contribution in [0.25, 0.3) is 0 Å². The molecule has 0 aromatic heterocycles. The number of piperidine rings is 1. The minimum absolute atomic E-state index is 0. The molecule has 4 heteroatoms. The number of rotatable bonds is 1. The predicted molar refractivity (Wildman–Crippen MR) is 52.0 cm³/mol. The molecule has 0 aromatic rings. The molecule has 0 amide bonds. The molecular formula is C9H16ClNO2. The van der Waals surface area contributed by atoms with E-state index in [2.05, 4.69) is 5.32 Å². The van der Waals surface area contributed by atoms with Gasteiger partial charge in [0, 0.05) is 5.54 Å². The van der Waals surface area contributed by atoms with E-state index >= 15 is 0 Å². The lowest BCUT2D eigenvalue weighted by atomic mass is 9.88. The molecule has 1 saturated carbocycles. The summed E-state index contributed by atoms with van der Waals surface area (Å²) in [6, 6.07) is 0. The van der Waals surface area contributed by atoms with E-state index in [-0.39, 0.29) is 29.8 Å². The highest BCUT2D eigenvalue weighted by molar-refractivity contribution is 5.85. The molecule has 1 atom stereocenters. The maximum atomic E-state index is 11.4. The van der Waals surface area contributed by atoms with Gasteiger partial charge in [0.15, 0.2) is 0 Å². The molecule has 76 valence electrons. The molecule has 0 radical (unpaired) electrons. The van der Waals surface area contributed by atoms with Gasteiger partial charge in [-0.2, -0.15) is 0 Å². The number of nitrogens with one attached hydrogen (secondary N) is 1. The fourth-order valence-electron chi connectivity index (χ4n) is 2.19. The van der Waals surface area contributed by atoms with E-state index < -0.39 is 0 Å². The van der Waals surface area contributed by atoms with E-state index in [4.69, 9.17) is 4.74 Å². The molecule has 2 rings (SSSR count). The van der Waals surface area contributed by atoms with Crippen LogP contribution < -0.4 is 5.32 Å². The van der Waals surface area contributed by atoms with Gasteiger partial charge in [0.05, 0.1) is 13.0 Å². The second kappa shape index (κ2) is 3.84. The van der Waals surface area contributed by atoms with Crippen LogP contribution in [0.1, 0.15) is 25.7 Å². The van der Waals surface area contributed by atoms with Crippen molar-refractivity contribution in [2.75, 3.05) is 13.7 Å². The molecule has 1 aliphatic heterocycles. The number of halogens is 1. The molecule has 3 nitrogen and oxygen atoms in total. The van der Waals surface area contributed by atoms with Crippen LogP contribution in [0.2, 0.25) is 0 Å². The first-order valence-electron chi connectivity index (χ1n) is 4.61. The Balaban J connectivity index is 0.000000845. The summed E-state index contributed by atoms with van der Waals surface area (Å²) in [5, 5.41) is 3.43. The first-order valence-corrected chi connectivity index (χ1v) is 4.61. The minimum Gasteiger partial charge on any atom is -0.469 e. The number of carbonyl (C=O) groups is 1. The number of ether oxygens (including phenoxy) is 1. The molecule has 1 spiro atoms. The monoisotopic (exact) mass is 205 g/mol. The normalized spacial score (nSPS) is 29.2. The van der Waals surface area contributed by atoms with E-state index in [1.54, 1.807) is 0 Å². The summed E-state index contributed by atoms with van der Waals surface area (Å²) >= 11 is 0. The minimum atomic E-state index is -0.0281. The highest BCUT2D eigenvalue weighted by Gasteiger charge is 2.53. The van der Waals surface area contributed by atoms with Gasteiger partial charge in [0.1, 0.15) is 0 Å². The lowest BCUT2D eigenvalue weighted by Gasteiger charge is -2.30. The maximum absolute atomic E-state index is 11.4. The van der Waals surface area contributed by atoms with Crippen molar-refractivity contribution in [2.24, 2.45) is 5.92 Å². The Kier molecular flexibility index (Phi) is 3.19. The summed E-state index contributed by atoms with van der Waals surface area (Å²) < 4.78 is 4.79. The zero-order valence-corrected chi connectivity index (χ0v) is 8.65. The summed E-state index contributed by atoms with van der Waals surface area (Å²) in [5.41, 5.74) is 0.144. The molecule has 1 saturated heterocycles. The van der Waals surface area contributed by atoms with Crippen LogP contribution >= 0.6 is 12.4 Å². The Morgan fingerprint density at radius 3 is 2.77 bits per heavy atom. The third-order valence-electron chi connectivity index (χ3n) is 3.09. The molecule has 13 heavy (non-hydrogen) atoms. The zero-order chi connectivity index (χ0) is 8.60. The Hall–Kier alpha value is -0.280. The van der Waals surface area contributed by atoms with Gasteiger partial charge in [0.2, 0.25) is 0 Å². The van der Waals surface area contributed by atoms with Crippen LogP contribution in [-0.4, -0.2) is 25.2 Å². The Morgan fingerprint density at radius 1 is 1.54 bits per heavy atom. The van der Waals surface area contributed by atoms with Crippen molar-refractivity contribution in [1.82, 2.24) is 5.32 Å². The first kappa shape index (κ1) is 10.8. The fraction of sp³-hybridized carbons (Fsp3) is 0.889. The Morgan fingerprint density at radius 2 is 2.23 bits per heavy atom. The quantitative estimate of drug-likeness (QED) is 0.652. The van der Waals surface area contributed by atoms with Crippen LogP contribution in [0.4, 0.5) is 0 Å². The molecule has 1 unspecified atom stereocenters. The van der Waals surface area contributed by atoms with Crippen molar-refractivity contribution in [3.63, 3.8) is 0 Å². The third kappa shape index (κ3) is 1.81. The predicted octanol–water partition coefficient (Wildman–Crippen LogP) is 1.11. The molecule has 1 N–H and O–H groups in total. The van der Waals surface area contributed by atoms with E-state index in [0.717, 1.165) is 32.2 Å². The van der Waals surface area contributed by atoms with Crippen LogP contribution in [0.5, 0.6) is 0 Å². The summed E-state index contributed by atoms with van der Waals surface area (Å²) in [4.78, 5) is 11.4. The van der Waals surface area contributed by atoms with Gasteiger partial charge >= 0.3 is 5.97 Å². The summed E-state index contributed by atoms with van der Waals surface area (Å²) in [6.45, 7) is 1.06. The van der Waals surface area contributed by atoms with Crippen molar-refractivity contribution in [2.45, 2.75) is 31.2 Å². The standard InChI is InChI=1S/C9H15NO2.ClH/c1-12-8(11)7-3-2-6-10-9(7)4-5-9;/h7,10H,2-6H2,1H3;1H. The van der Waals surface area contributed by atoms with Crippen LogP contribution in [0.15, 0.2) is 0 Å². The third-order valence-corrected chi connectivity index (χ3v) is 3.09. The van der Waals surface area contributed by atoms with Gasteiger partial charge in [0.25, 0.3) is 0 Å². The zero-order valence-electron chi connectivity index (χ0n) is 7.84. The highest BCUT2D eigenvalue weighted by Crippen LogP contribution is 2.46. The fourth-order valence-corrected chi connectivity index (χ4v) is 2.19. The number of hydrogen-bond acceptors (Lipinski definition) is 3. The maximum Gasteiger partial charge on any atom is 0.310 e. The topological polar surface area (TPSA) is 38.3 Å². The van der Waals surface area contributed by atoms with Crippen molar-refractivity contribution in [3.05, 3.63) is 0 Å². The second-order valence-corrected chi connectivity index (χ2v) is 3.80. The van der Waals surface area contributed by atoms with Gasteiger partial charge in [-0.15, -0.1) is 12.4 Å². The smallest absolute Gasteiger partial charge is 0.310 e. The number of hydrogen-bond donors (Lipinski definition) is 1. The molecule has 2 aliphatic rings. The van der Waals surface area contributed by atoms with Crippen LogP contribution in [-0.2, 0) is 9.53 Å². The van der Waals surface area contributed by atoms with E-state index in [1.807, 2.05) is 0 Å². The van der Waals surface area contributed by atoms with E-state index in [9.17, 15) is 4.79 Å². The van der Waals surface area contributed by atoms with E-state index in [0.29, 0.717) is 0 Å². The number of methoxy groups -OCH3 is 1. The van der Waals surface area contributed by atoms with Gasteiger partial charge in [-0.3, -0.25) is 4.79 Å². The lowest BCUT2D eigenvalue weighted by molar-refractivity contribution is -0.147. The van der Waals surface area contributed by atoms with Crippen LogP contribution in [0, 0.1) is 5.92 Å². The van der Waals surface area contributed by atoms with Crippen molar-refractivity contribution in [1.29, 1.82) is 0 Å². The lowest BCUT2D eigenvalue weighted by Crippen LogP contribution is -2.47. The van der Waals surface area contributed by atoms with Gasteiger partial charge in [-0.1, -0.05) is 0 Å². The average molecular weight is 206 g/mol. The highest BCUT2D eigenvalue weighted by atomic mass is 35.5. The average Bonchev–Trinajstić information content (AvgIpc) is 2.85. The SMILES string of the molecule is COC(=O)C1CCCNC12CC2.Cl. The molecular weight excluding hydrogens is 190 g/mol. The molecule has 0 bridgehead atoms. The number of esters is 1. The van der Waals surface area contributed by atoms with E-state index in [1.165, 1.54) is 7.11 Å². The molecule has 1 heterocycles. The Labute approximate surface area is 84.6 Å². The first-order chi connectivity index (χ1) is 5.78. The largest absolute Gasteiger partial charge is 0.469 e. The molecule has 0 aromatic carbocycles. The molecule has 1 aliphatic carbocycles. The van der Waals surface area contributed by atoms with Gasteiger partial charge in [-0.25, -0.2) is 0 Å². The van der Waals surface area contributed by atoms with Gasteiger partial charge < -0.3 is 10.1 Å². The second-order valence-electron chi connectivity index (χ2n) is 3.80. The summed E-state index contributed by atoms with van der Waals surface area (Å²) in [5.74, 6) is 0.0935. The summed E-state index contributed by atoms with van der Waals surface area (Å²) in [7, 11) is 1.48. The number of carbonyl (C=O) groups excluding carboxylic acids is 1. The van der Waals surface area contributed by atoms with Crippen molar-refractivity contribution in [3.8, 4) is 0 Å². The summed E-state index contributed by atoms with van der Waals surface area (Å²) in [6.07, 6.45) is 4.39. The van der Waals surface area contributed by atoms with Crippen LogP contribution in [0.3, 0.4) is 0 Å². The van der Waals surface area contributed by atoms with Crippen molar-refractivity contribution < 1.29 is 9.53 Å². The van der Waals surface area contributed by atoms with Gasteiger partial charge in [-0.05, 0) is 32.2 Å². The van der Waals surface area contributed by atoms with Crippen molar-refractivity contribution >= 4 is 18.4 Å². The molecule has 2 fully saturated rings. The Bertz CT molecular complexity index is 204.